The molecule has 1 aromatic carbocycles. The molecular weight excluding hydrogens is 324 g/mol. The number of rotatable bonds is 6. The molecule has 1 amide bonds. The number of methoxy groups -OCH3 is 3. The molecule has 7 heteroatoms. The van der Waals surface area contributed by atoms with Crippen LogP contribution in [-0.4, -0.2) is 38.2 Å². The van der Waals surface area contributed by atoms with Crippen LogP contribution in [-0.2, 0) is 11.2 Å². The Kier molecular flexibility index (Phi) is 5.69. The van der Waals surface area contributed by atoms with Crippen molar-refractivity contribution in [3.8, 4) is 11.5 Å². The van der Waals surface area contributed by atoms with Gasteiger partial charge in [-0.2, -0.15) is 0 Å². The third kappa shape index (κ3) is 3.60. The van der Waals surface area contributed by atoms with Gasteiger partial charge < -0.3 is 24.5 Å². The van der Waals surface area contributed by atoms with Gasteiger partial charge in [-0.05, 0) is 31.0 Å². The predicted molar refractivity (Wildman–Crippen MR) is 93.7 cm³/mol. The lowest BCUT2D eigenvalue weighted by Gasteiger charge is -2.11. The summed E-state index contributed by atoms with van der Waals surface area (Å²) in [5.41, 5.74) is 2.43. The van der Waals surface area contributed by atoms with Gasteiger partial charge >= 0.3 is 5.97 Å². The molecule has 2 aromatic rings. The zero-order valence-corrected chi connectivity index (χ0v) is 15.0. The molecule has 1 aromatic heterocycles. The van der Waals surface area contributed by atoms with Crippen LogP contribution >= 0.6 is 0 Å². The summed E-state index contributed by atoms with van der Waals surface area (Å²) >= 11 is 0. The van der Waals surface area contributed by atoms with Crippen LogP contribution in [0.25, 0.3) is 0 Å². The minimum Gasteiger partial charge on any atom is -0.497 e. The summed E-state index contributed by atoms with van der Waals surface area (Å²) in [6.45, 7) is 3.61. The topological polar surface area (TPSA) is 89.7 Å². The van der Waals surface area contributed by atoms with Crippen LogP contribution in [0, 0.1) is 6.92 Å². The van der Waals surface area contributed by atoms with Crippen molar-refractivity contribution in [2.45, 2.75) is 20.3 Å². The van der Waals surface area contributed by atoms with Gasteiger partial charge in [0, 0.05) is 11.8 Å². The second-order valence-corrected chi connectivity index (χ2v) is 5.34. The van der Waals surface area contributed by atoms with Crippen LogP contribution in [0.3, 0.4) is 0 Å². The number of esters is 1. The highest BCUT2D eigenvalue weighted by atomic mass is 16.5. The number of ether oxygens (including phenoxy) is 3. The molecule has 134 valence electrons. The van der Waals surface area contributed by atoms with E-state index in [1.54, 1.807) is 32.2 Å². The lowest BCUT2D eigenvalue weighted by Crippen LogP contribution is -2.14. The molecule has 0 aliphatic heterocycles. The minimum atomic E-state index is -0.466. The zero-order chi connectivity index (χ0) is 18.6. The molecule has 0 fully saturated rings. The van der Waals surface area contributed by atoms with Crippen LogP contribution in [0.1, 0.15) is 39.0 Å². The Morgan fingerprint density at radius 1 is 1.16 bits per heavy atom. The van der Waals surface area contributed by atoms with E-state index in [2.05, 4.69) is 10.3 Å². The Morgan fingerprint density at radius 2 is 1.88 bits per heavy atom. The highest BCUT2D eigenvalue weighted by Gasteiger charge is 2.24. The van der Waals surface area contributed by atoms with Gasteiger partial charge in [0.25, 0.3) is 5.91 Å². The second-order valence-electron chi connectivity index (χ2n) is 5.34. The van der Waals surface area contributed by atoms with E-state index in [9.17, 15) is 9.59 Å². The van der Waals surface area contributed by atoms with Crippen LogP contribution in [0.5, 0.6) is 11.5 Å². The van der Waals surface area contributed by atoms with E-state index in [0.717, 1.165) is 0 Å². The van der Waals surface area contributed by atoms with E-state index >= 15 is 0 Å². The Balaban J connectivity index is 2.36. The number of aromatic nitrogens is 1. The SMILES string of the molecule is CCc1[nH]c(C(=O)Nc2ccc(OC)cc2OC)c(C)c1C(=O)OC. The Morgan fingerprint density at radius 3 is 2.44 bits per heavy atom. The standard InChI is InChI=1S/C18H22N2O5/c1-6-12-15(18(22)25-5)10(2)16(19-12)17(21)20-13-8-7-11(23-3)9-14(13)24-4/h7-9,19H,6H2,1-5H3,(H,20,21). The number of anilines is 1. The summed E-state index contributed by atoms with van der Waals surface area (Å²) in [5.74, 6) is 0.255. The van der Waals surface area contributed by atoms with Crippen molar-refractivity contribution in [3.05, 3.63) is 40.7 Å². The first-order valence-corrected chi connectivity index (χ1v) is 7.79. The molecule has 2 rings (SSSR count). The fraction of sp³-hybridized carbons (Fsp3) is 0.333. The first-order chi connectivity index (χ1) is 12.0. The molecule has 0 bridgehead atoms. The number of hydrogen-bond donors (Lipinski definition) is 2. The molecule has 0 spiro atoms. The van der Waals surface area contributed by atoms with E-state index in [4.69, 9.17) is 14.2 Å². The highest BCUT2D eigenvalue weighted by Crippen LogP contribution is 2.30. The van der Waals surface area contributed by atoms with E-state index in [0.29, 0.717) is 46.1 Å². The largest absolute Gasteiger partial charge is 0.497 e. The fourth-order valence-electron chi connectivity index (χ4n) is 2.62. The van der Waals surface area contributed by atoms with Crippen molar-refractivity contribution >= 4 is 17.6 Å². The highest BCUT2D eigenvalue weighted by molar-refractivity contribution is 6.07. The summed E-state index contributed by atoms with van der Waals surface area (Å²) in [7, 11) is 4.38. The molecule has 25 heavy (non-hydrogen) atoms. The molecule has 0 unspecified atom stereocenters. The Hall–Kier alpha value is -2.96. The van der Waals surface area contributed by atoms with E-state index in [1.807, 2.05) is 6.92 Å². The normalized spacial score (nSPS) is 10.3. The van der Waals surface area contributed by atoms with Gasteiger partial charge in [0.2, 0.25) is 0 Å². The summed E-state index contributed by atoms with van der Waals surface area (Å²) in [5, 5.41) is 2.79. The molecule has 0 radical (unpaired) electrons. The minimum absolute atomic E-state index is 0.315. The number of nitrogens with one attached hydrogen (secondary N) is 2. The second kappa shape index (κ2) is 7.74. The third-order valence-corrected chi connectivity index (χ3v) is 3.95. The maximum Gasteiger partial charge on any atom is 0.339 e. The van der Waals surface area contributed by atoms with Gasteiger partial charge in [-0.1, -0.05) is 6.92 Å². The van der Waals surface area contributed by atoms with Gasteiger partial charge in [-0.25, -0.2) is 4.79 Å². The van der Waals surface area contributed by atoms with E-state index in [-0.39, 0.29) is 5.91 Å². The fourth-order valence-corrected chi connectivity index (χ4v) is 2.62. The van der Waals surface area contributed by atoms with Gasteiger partial charge in [-0.15, -0.1) is 0 Å². The third-order valence-electron chi connectivity index (χ3n) is 3.95. The summed E-state index contributed by atoms with van der Waals surface area (Å²) < 4.78 is 15.2. The summed E-state index contributed by atoms with van der Waals surface area (Å²) in [6, 6.07) is 5.08. The summed E-state index contributed by atoms with van der Waals surface area (Å²) in [6.07, 6.45) is 0.574. The Bertz CT molecular complexity index is 795. The number of carbonyl (C=O) groups is 2. The van der Waals surface area contributed by atoms with Gasteiger partial charge in [0.1, 0.15) is 17.2 Å². The lowest BCUT2D eigenvalue weighted by molar-refractivity contribution is 0.0599. The lowest BCUT2D eigenvalue weighted by atomic mass is 10.1. The molecule has 0 saturated carbocycles. The molecular formula is C18H22N2O5. The van der Waals surface area contributed by atoms with E-state index < -0.39 is 5.97 Å². The number of H-pyrrole nitrogens is 1. The van der Waals surface area contributed by atoms with Crippen LogP contribution < -0.4 is 14.8 Å². The van der Waals surface area contributed by atoms with Gasteiger partial charge in [0.05, 0.1) is 32.6 Å². The zero-order valence-electron chi connectivity index (χ0n) is 15.0. The van der Waals surface area contributed by atoms with E-state index in [1.165, 1.54) is 14.2 Å². The average Bonchev–Trinajstić information content (AvgIpc) is 2.97. The number of benzene rings is 1. The van der Waals surface area contributed by atoms with Crippen LogP contribution in [0.15, 0.2) is 18.2 Å². The number of amides is 1. The molecule has 0 aliphatic carbocycles. The molecule has 0 aliphatic rings. The van der Waals surface area contributed by atoms with Gasteiger partial charge in [-0.3, -0.25) is 4.79 Å². The maximum atomic E-state index is 12.7. The Labute approximate surface area is 146 Å². The van der Waals surface area contributed by atoms with Crippen LogP contribution in [0.2, 0.25) is 0 Å². The number of aromatic amines is 1. The average molecular weight is 346 g/mol. The van der Waals surface area contributed by atoms with Crippen molar-refractivity contribution in [2.75, 3.05) is 26.6 Å². The molecule has 0 saturated heterocycles. The summed E-state index contributed by atoms with van der Waals surface area (Å²) in [4.78, 5) is 27.7. The quantitative estimate of drug-likeness (QED) is 0.785. The molecule has 1 heterocycles. The van der Waals surface area contributed by atoms with Crippen molar-refractivity contribution in [1.82, 2.24) is 4.98 Å². The molecule has 2 N–H and O–H groups in total. The maximum absolute atomic E-state index is 12.7. The number of carbonyl (C=O) groups excluding carboxylic acids is 2. The predicted octanol–water partition coefficient (Wildman–Crippen LogP) is 2.94. The van der Waals surface area contributed by atoms with Crippen molar-refractivity contribution in [1.29, 1.82) is 0 Å². The van der Waals surface area contributed by atoms with Crippen molar-refractivity contribution in [2.24, 2.45) is 0 Å². The van der Waals surface area contributed by atoms with Crippen molar-refractivity contribution < 1.29 is 23.8 Å². The van der Waals surface area contributed by atoms with Crippen molar-refractivity contribution in [3.63, 3.8) is 0 Å². The molecule has 0 atom stereocenters. The molecule has 7 nitrogen and oxygen atoms in total. The van der Waals surface area contributed by atoms with Crippen LogP contribution in [0.4, 0.5) is 5.69 Å². The smallest absolute Gasteiger partial charge is 0.339 e. The first-order valence-electron chi connectivity index (χ1n) is 7.79. The number of hydrogen-bond acceptors (Lipinski definition) is 5. The van der Waals surface area contributed by atoms with Gasteiger partial charge in [0.15, 0.2) is 0 Å². The first kappa shape index (κ1) is 18.4. The number of aryl methyl sites for hydroxylation is 1. The monoisotopic (exact) mass is 346 g/mol.